The minimum absolute atomic E-state index is 0.523. The summed E-state index contributed by atoms with van der Waals surface area (Å²) in [5.41, 5.74) is -1.66. The highest BCUT2D eigenvalue weighted by Gasteiger charge is 2.71. The van der Waals surface area contributed by atoms with E-state index in [1.54, 1.807) is 30.3 Å². The molecule has 1 saturated heterocycles. The van der Waals surface area contributed by atoms with Gasteiger partial charge in [-0.1, -0.05) is 36.9 Å². The van der Waals surface area contributed by atoms with Crippen LogP contribution in [0, 0.1) is 0 Å². The Labute approximate surface area is 85.2 Å². The third kappa shape index (κ3) is 1.45. The average molecular weight is 214 g/mol. The lowest BCUT2D eigenvalue weighted by Crippen LogP contribution is -2.31. The molecule has 15 heavy (non-hydrogen) atoms. The second kappa shape index (κ2) is 3.10. The van der Waals surface area contributed by atoms with E-state index in [0.29, 0.717) is 5.56 Å². The van der Waals surface area contributed by atoms with Gasteiger partial charge in [0, 0.05) is 0 Å². The molecule has 0 saturated carbocycles. The lowest BCUT2D eigenvalue weighted by Gasteiger charge is -2.11. The van der Waals surface area contributed by atoms with E-state index in [0.717, 1.165) is 6.08 Å². The molecule has 1 fully saturated rings. The topological polar surface area (TPSA) is 12.5 Å². The largest absolute Gasteiger partial charge is 0.424 e. The Kier molecular flexibility index (Phi) is 2.12. The van der Waals surface area contributed by atoms with Gasteiger partial charge in [0.05, 0.1) is 0 Å². The molecule has 0 amide bonds. The van der Waals surface area contributed by atoms with Crippen molar-refractivity contribution in [1.29, 1.82) is 0 Å². The molecule has 2 rings (SSSR count). The molecule has 1 heterocycles. The molecule has 0 bridgehead atoms. The van der Waals surface area contributed by atoms with Gasteiger partial charge in [-0.15, -0.1) is 0 Å². The molecule has 0 spiro atoms. The van der Waals surface area contributed by atoms with Crippen LogP contribution in [-0.4, -0.2) is 11.8 Å². The van der Waals surface area contributed by atoms with Crippen LogP contribution >= 0.6 is 0 Å². The summed E-state index contributed by atoms with van der Waals surface area (Å²) >= 11 is 0. The highest BCUT2D eigenvalue weighted by Crippen LogP contribution is 2.59. The SMILES string of the molecule is C=CC1(C(F)(F)F)OC1c1ccccc1. The number of epoxide rings is 1. The zero-order chi connectivity index (χ0) is 11.1. The van der Waals surface area contributed by atoms with Crippen molar-refractivity contribution in [1.82, 2.24) is 0 Å². The fourth-order valence-electron chi connectivity index (χ4n) is 1.59. The van der Waals surface area contributed by atoms with Crippen LogP contribution < -0.4 is 0 Å². The molecule has 1 aliphatic rings. The van der Waals surface area contributed by atoms with Gasteiger partial charge in [0.25, 0.3) is 0 Å². The Morgan fingerprint density at radius 2 is 1.87 bits per heavy atom. The highest BCUT2D eigenvalue weighted by molar-refractivity contribution is 5.32. The van der Waals surface area contributed by atoms with Crippen molar-refractivity contribution in [3.63, 3.8) is 0 Å². The van der Waals surface area contributed by atoms with Crippen molar-refractivity contribution in [2.75, 3.05) is 0 Å². The van der Waals surface area contributed by atoms with E-state index in [4.69, 9.17) is 4.74 Å². The first-order valence-corrected chi connectivity index (χ1v) is 4.44. The number of alkyl halides is 3. The minimum atomic E-state index is -4.41. The zero-order valence-electron chi connectivity index (χ0n) is 7.79. The summed E-state index contributed by atoms with van der Waals surface area (Å²) in [5.74, 6) is 0. The lowest BCUT2D eigenvalue weighted by molar-refractivity contribution is -0.169. The lowest BCUT2D eigenvalue weighted by atomic mass is 9.99. The van der Waals surface area contributed by atoms with Crippen LogP contribution in [0.4, 0.5) is 13.2 Å². The van der Waals surface area contributed by atoms with Crippen LogP contribution in [-0.2, 0) is 4.74 Å². The second-order valence-corrected chi connectivity index (χ2v) is 3.40. The molecule has 0 N–H and O–H groups in total. The van der Waals surface area contributed by atoms with E-state index in [2.05, 4.69) is 6.58 Å². The van der Waals surface area contributed by atoms with E-state index in [9.17, 15) is 13.2 Å². The van der Waals surface area contributed by atoms with Crippen molar-refractivity contribution >= 4 is 0 Å². The average Bonchev–Trinajstić information content (AvgIpc) is 2.94. The molecule has 2 atom stereocenters. The normalized spacial score (nSPS) is 29.9. The number of rotatable bonds is 2. The van der Waals surface area contributed by atoms with Gasteiger partial charge in [-0.2, -0.15) is 13.2 Å². The van der Waals surface area contributed by atoms with E-state index in [-0.39, 0.29) is 0 Å². The van der Waals surface area contributed by atoms with Crippen LogP contribution in [0.3, 0.4) is 0 Å². The van der Waals surface area contributed by atoms with Crippen LogP contribution in [0.1, 0.15) is 11.7 Å². The van der Waals surface area contributed by atoms with Crippen LogP contribution in [0.5, 0.6) is 0 Å². The van der Waals surface area contributed by atoms with Crippen molar-refractivity contribution in [3.05, 3.63) is 48.6 Å². The summed E-state index contributed by atoms with van der Waals surface area (Å²) in [6, 6.07) is 8.33. The maximum atomic E-state index is 12.6. The summed E-state index contributed by atoms with van der Waals surface area (Å²) in [6.07, 6.45) is -4.53. The second-order valence-electron chi connectivity index (χ2n) is 3.40. The third-order valence-corrected chi connectivity index (χ3v) is 2.49. The molecule has 0 aromatic heterocycles. The van der Waals surface area contributed by atoms with Crippen LogP contribution in [0.2, 0.25) is 0 Å². The molecule has 1 aromatic rings. The number of halogens is 3. The number of ether oxygens (including phenoxy) is 1. The predicted molar refractivity (Wildman–Crippen MR) is 49.3 cm³/mol. The maximum Gasteiger partial charge on any atom is 0.424 e. The molecule has 4 heteroatoms. The van der Waals surface area contributed by atoms with Gasteiger partial charge < -0.3 is 4.74 Å². The van der Waals surface area contributed by atoms with Crippen molar-refractivity contribution in [2.45, 2.75) is 17.9 Å². The van der Waals surface area contributed by atoms with E-state index in [1.807, 2.05) is 0 Å². The van der Waals surface area contributed by atoms with Gasteiger partial charge in [-0.3, -0.25) is 0 Å². The minimum Gasteiger partial charge on any atom is -0.347 e. The van der Waals surface area contributed by atoms with E-state index >= 15 is 0 Å². The first kappa shape index (κ1) is 10.2. The monoisotopic (exact) mass is 214 g/mol. The fourth-order valence-corrected chi connectivity index (χ4v) is 1.59. The fraction of sp³-hybridized carbons (Fsp3) is 0.273. The van der Waals surface area contributed by atoms with Crippen molar-refractivity contribution < 1.29 is 17.9 Å². The van der Waals surface area contributed by atoms with Crippen molar-refractivity contribution in [2.24, 2.45) is 0 Å². The van der Waals surface area contributed by atoms with Gasteiger partial charge in [0.2, 0.25) is 5.60 Å². The van der Waals surface area contributed by atoms with Gasteiger partial charge in [0.15, 0.2) is 0 Å². The molecule has 2 unspecified atom stereocenters. The summed E-state index contributed by atoms with van der Waals surface area (Å²) < 4.78 is 42.7. The molecule has 1 aliphatic heterocycles. The quantitative estimate of drug-likeness (QED) is 0.543. The molecular formula is C11H9F3O. The smallest absolute Gasteiger partial charge is 0.347 e. The highest BCUT2D eigenvalue weighted by atomic mass is 19.4. The first-order chi connectivity index (χ1) is 7.01. The third-order valence-electron chi connectivity index (χ3n) is 2.49. The maximum absolute atomic E-state index is 12.6. The van der Waals surface area contributed by atoms with Crippen LogP contribution in [0.15, 0.2) is 43.0 Å². The molecule has 1 aromatic carbocycles. The summed E-state index contributed by atoms with van der Waals surface area (Å²) in [5, 5.41) is 0. The number of hydrogen-bond donors (Lipinski definition) is 0. The standard InChI is InChI=1S/C11H9F3O/c1-2-10(11(12,13)14)9(15-10)8-6-4-3-5-7-8/h2-7,9H,1H2. The van der Waals surface area contributed by atoms with Gasteiger partial charge in [0.1, 0.15) is 6.10 Å². The molecule has 0 radical (unpaired) electrons. The van der Waals surface area contributed by atoms with E-state index in [1.165, 1.54) is 0 Å². The van der Waals surface area contributed by atoms with Gasteiger partial charge >= 0.3 is 6.18 Å². The predicted octanol–water partition coefficient (Wildman–Crippen LogP) is 3.25. The van der Waals surface area contributed by atoms with E-state index < -0.39 is 17.9 Å². The number of hydrogen-bond acceptors (Lipinski definition) is 1. The molecule has 0 aliphatic carbocycles. The summed E-state index contributed by atoms with van der Waals surface area (Å²) in [7, 11) is 0. The summed E-state index contributed by atoms with van der Waals surface area (Å²) in [6.45, 7) is 3.19. The van der Waals surface area contributed by atoms with Gasteiger partial charge in [-0.25, -0.2) is 0 Å². The van der Waals surface area contributed by atoms with Gasteiger partial charge in [-0.05, 0) is 11.6 Å². The zero-order valence-corrected chi connectivity index (χ0v) is 7.79. The summed E-state index contributed by atoms with van der Waals surface area (Å²) in [4.78, 5) is 0. The Hall–Kier alpha value is -1.29. The van der Waals surface area contributed by atoms with Crippen molar-refractivity contribution in [3.8, 4) is 0 Å². The Bertz CT molecular complexity index is 371. The molecule has 1 nitrogen and oxygen atoms in total. The first-order valence-electron chi connectivity index (χ1n) is 4.44. The molecular weight excluding hydrogens is 205 g/mol. The van der Waals surface area contributed by atoms with Crippen LogP contribution in [0.25, 0.3) is 0 Å². The molecule has 80 valence electrons. The Morgan fingerprint density at radius 3 is 2.27 bits per heavy atom. The number of benzene rings is 1. The Morgan fingerprint density at radius 1 is 1.27 bits per heavy atom. The Balaban J connectivity index is 2.28.